The Bertz CT molecular complexity index is 541. The van der Waals surface area contributed by atoms with Crippen LogP contribution < -0.4 is 4.74 Å². The van der Waals surface area contributed by atoms with Crippen molar-refractivity contribution in [3.63, 3.8) is 0 Å². The van der Waals surface area contributed by atoms with E-state index < -0.39 is 0 Å². The molecule has 0 unspecified atom stereocenters. The Morgan fingerprint density at radius 2 is 1.71 bits per heavy atom. The molecule has 5 heteroatoms. The van der Waals surface area contributed by atoms with Crippen molar-refractivity contribution in [2.24, 2.45) is 0 Å². The molecule has 0 bridgehead atoms. The zero-order chi connectivity index (χ0) is 12.4. The van der Waals surface area contributed by atoms with Crippen LogP contribution in [0, 0.1) is 5.82 Å². The predicted octanol–water partition coefficient (Wildman–Crippen LogP) is 4.85. The highest BCUT2D eigenvalue weighted by Crippen LogP contribution is 2.39. The van der Waals surface area contributed by atoms with Crippen molar-refractivity contribution in [3.05, 3.63) is 51.2 Å². The van der Waals surface area contributed by atoms with E-state index in [4.69, 9.17) is 4.74 Å². The Labute approximate surface area is 114 Å². The minimum atomic E-state index is -0.336. The third-order valence-electron chi connectivity index (χ3n) is 2.03. The van der Waals surface area contributed by atoms with Gasteiger partial charge >= 0.3 is 0 Å². The standard InChI is InChI=1S/C12H7Br2FO2/c13-7-5-10(14)12(16)11(6-7)17-9-3-1-8(15)2-4-9/h1-6,16H. The molecule has 2 aromatic rings. The first kappa shape index (κ1) is 12.4. The molecule has 0 heterocycles. The lowest BCUT2D eigenvalue weighted by Gasteiger charge is -2.09. The summed E-state index contributed by atoms with van der Waals surface area (Å²) in [5.41, 5.74) is 0. The first-order chi connectivity index (χ1) is 8.06. The van der Waals surface area contributed by atoms with Gasteiger partial charge in [0, 0.05) is 4.47 Å². The number of phenolic OH excluding ortho intramolecular Hbond substituents is 1. The summed E-state index contributed by atoms with van der Waals surface area (Å²) in [4.78, 5) is 0. The number of aromatic hydroxyl groups is 1. The molecule has 2 nitrogen and oxygen atoms in total. The van der Waals surface area contributed by atoms with E-state index in [0.29, 0.717) is 10.2 Å². The number of phenols is 1. The number of hydrogen-bond donors (Lipinski definition) is 1. The summed E-state index contributed by atoms with van der Waals surface area (Å²) in [5, 5.41) is 9.77. The Kier molecular flexibility index (Phi) is 3.69. The Morgan fingerprint density at radius 1 is 1.06 bits per heavy atom. The molecule has 2 rings (SSSR count). The fraction of sp³-hybridized carbons (Fsp3) is 0. The summed E-state index contributed by atoms with van der Waals surface area (Å²) < 4.78 is 19.4. The van der Waals surface area contributed by atoms with Gasteiger partial charge in [-0.25, -0.2) is 4.39 Å². The van der Waals surface area contributed by atoms with Crippen molar-refractivity contribution in [3.8, 4) is 17.2 Å². The number of halogens is 3. The highest BCUT2D eigenvalue weighted by molar-refractivity contribution is 9.11. The minimum Gasteiger partial charge on any atom is -0.503 e. The van der Waals surface area contributed by atoms with E-state index in [9.17, 15) is 9.50 Å². The third kappa shape index (κ3) is 2.98. The zero-order valence-electron chi connectivity index (χ0n) is 8.45. The van der Waals surface area contributed by atoms with Crippen LogP contribution in [0.1, 0.15) is 0 Å². The smallest absolute Gasteiger partial charge is 0.172 e. The molecule has 88 valence electrons. The Morgan fingerprint density at radius 3 is 2.35 bits per heavy atom. The second kappa shape index (κ2) is 5.06. The topological polar surface area (TPSA) is 29.5 Å². The van der Waals surface area contributed by atoms with Crippen LogP contribution in [0.15, 0.2) is 45.3 Å². The molecule has 0 saturated carbocycles. The van der Waals surface area contributed by atoms with Crippen LogP contribution in [-0.4, -0.2) is 5.11 Å². The van der Waals surface area contributed by atoms with Gasteiger partial charge in [0.15, 0.2) is 11.5 Å². The van der Waals surface area contributed by atoms with Crippen molar-refractivity contribution in [1.82, 2.24) is 0 Å². The fourth-order valence-corrected chi connectivity index (χ4v) is 2.44. The summed E-state index contributed by atoms with van der Waals surface area (Å²) in [6, 6.07) is 8.89. The number of benzene rings is 2. The molecule has 0 aliphatic heterocycles. The highest BCUT2D eigenvalue weighted by Gasteiger charge is 2.09. The monoisotopic (exact) mass is 360 g/mol. The summed E-state index contributed by atoms with van der Waals surface area (Å²) in [6.07, 6.45) is 0. The molecular formula is C12H7Br2FO2. The van der Waals surface area contributed by atoms with E-state index in [0.717, 1.165) is 4.47 Å². The normalized spacial score (nSPS) is 10.3. The first-order valence-corrected chi connectivity index (χ1v) is 6.26. The van der Waals surface area contributed by atoms with Crippen molar-refractivity contribution in [2.75, 3.05) is 0 Å². The van der Waals surface area contributed by atoms with Crippen LogP contribution in [0.3, 0.4) is 0 Å². The lowest BCUT2D eigenvalue weighted by Crippen LogP contribution is -1.86. The van der Waals surface area contributed by atoms with Gasteiger partial charge in [-0.15, -0.1) is 0 Å². The van der Waals surface area contributed by atoms with E-state index in [1.807, 2.05) is 0 Å². The van der Waals surface area contributed by atoms with Crippen LogP contribution in [-0.2, 0) is 0 Å². The maximum absolute atomic E-state index is 12.7. The molecule has 0 spiro atoms. The largest absolute Gasteiger partial charge is 0.503 e. The molecule has 0 aliphatic rings. The minimum absolute atomic E-state index is 0.00229. The molecule has 2 aromatic carbocycles. The predicted molar refractivity (Wildman–Crippen MR) is 70.0 cm³/mol. The molecule has 17 heavy (non-hydrogen) atoms. The van der Waals surface area contributed by atoms with E-state index >= 15 is 0 Å². The van der Waals surface area contributed by atoms with Gasteiger partial charge in [-0.05, 0) is 52.3 Å². The lowest BCUT2D eigenvalue weighted by molar-refractivity contribution is 0.408. The van der Waals surface area contributed by atoms with Crippen LogP contribution in [0.25, 0.3) is 0 Å². The average Bonchev–Trinajstić information content (AvgIpc) is 2.28. The molecule has 0 saturated heterocycles. The Balaban J connectivity index is 2.32. The maximum atomic E-state index is 12.7. The van der Waals surface area contributed by atoms with Crippen LogP contribution in [0.4, 0.5) is 4.39 Å². The molecule has 0 amide bonds. The molecule has 0 aliphatic carbocycles. The highest BCUT2D eigenvalue weighted by atomic mass is 79.9. The van der Waals surface area contributed by atoms with E-state index in [1.54, 1.807) is 12.1 Å². The summed E-state index contributed by atoms with van der Waals surface area (Å²) in [7, 11) is 0. The molecular weight excluding hydrogens is 355 g/mol. The van der Waals surface area contributed by atoms with Crippen molar-refractivity contribution < 1.29 is 14.2 Å². The molecule has 0 fully saturated rings. The summed E-state index contributed by atoms with van der Waals surface area (Å²) >= 11 is 6.49. The zero-order valence-corrected chi connectivity index (χ0v) is 11.6. The first-order valence-electron chi connectivity index (χ1n) is 4.67. The molecule has 1 N–H and O–H groups in total. The molecule has 0 radical (unpaired) electrons. The Hall–Kier alpha value is -1.07. The van der Waals surface area contributed by atoms with E-state index in [1.165, 1.54) is 24.3 Å². The average molecular weight is 362 g/mol. The van der Waals surface area contributed by atoms with E-state index in [-0.39, 0.29) is 17.3 Å². The van der Waals surface area contributed by atoms with Gasteiger partial charge in [0.2, 0.25) is 0 Å². The SMILES string of the molecule is Oc1c(Br)cc(Br)cc1Oc1ccc(F)cc1. The van der Waals surface area contributed by atoms with Gasteiger partial charge in [0.25, 0.3) is 0 Å². The van der Waals surface area contributed by atoms with Crippen LogP contribution in [0.2, 0.25) is 0 Å². The van der Waals surface area contributed by atoms with Crippen molar-refractivity contribution in [1.29, 1.82) is 0 Å². The van der Waals surface area contributed by atoms with Crippen molar-refractivity contribution in [2.45, 2.75) is 0 Å². The van der Waals surface area contributed by atoms with E-state index in [2.05, 4.69) is 31.9 Å². The van der Waals surface area contributed by atoms with Gasteiger partial charge < -0.3 is 9.84 Å². The van der Waals surface area contributed by atoms with Gasteiger partial charge in [0.1, 0.15) is 11.6 Å². The summed E-state index contributed by atoms with van der Waals surface area (Å²) in [5.74, 6) is 0.402. The van der Waals surface area contributed by atoms with Crippen LogP contribution in [0.5, 0.6) is 17.2 Å². The van der Waals surface area contributed by atoms with Gasteiger partial charge in [-0.1, -0.05) is 15.9 Å². The number of hydrogen-bond acceptors (Lipinski definition) is 2. The molecule has 0 atom stereocenters. The quantitative estimate of drug-likeness (QED) is 0.828. The maximum Gasteiger partial charge on any atom is 0.172 e. The van der Waals surface area contributed by atoms with Gasteiger partial charge in [0.05, 0.1) is 4.47 Å². The van der Waals surface area contributed by atoms with Crippen LogP contribution >= 0.6 is 31.9 Å². The third-order valence-corrected chi connectivity index (χ3v) is 3.10. The second-order valence-corrected chi connectivity index (χ2v) is 5.06. The second-order valence-electron chi connectivity index (χ2n) is 3.29. The number of ether oxygens (including phenoxy) is 1. The summed E-state index contributed by atoms with van der Waals surface area (Å²) in [6.45, 7) is 0. The fourth-order valence-electron chi connectivity index (χ4n) is 1.25. The van der Waals surface area contributed by atoms with Gasteiger partial charge in [-0.2, -0.15) is 0 Å². The van der Waals surface area contributed by atoms with Crippen molar-refractivity contribution >= 4 is 31.9 Å². The molecule has 0 aromatic heterocycles. The van der Waals surface area contributed by atoms with Gasteiger partial charge in [-0.3, -0.25) is 0 Å². The lowest BCUT2D eigenvalue weighted by atomic mass is 10.3. The number of rotatable bonds is 2.